The van der Waals surface area contributed by atoms with Gasteiger partial charge in [-0.05, 0) is 18.8 Å². The second-order valence-corrected chi connectivity index (χ2v) is 4.74. The minimum Gasteiger partial charge on any atom is -0.409 e. The van der Waals surface area contributed by atoms with E-state index < -0.39 is 0 Å². The summed E-state index contributed by atoms with van der Waals surface area (Å²) in [5, 5.41) is 14.6. The number of nitrogens with one attached hydrogen (secondary N) is 1. The summed E-state index contributed by atoms with van der Waals surface area (Å²) in [5.74, 6) is 0.357. The van der Waals surface area contributed by atoms with E-state index in [0.717, 1.165) is 25.7 Å². The van der Waals surface area contributed by atoms with E-state index in [9.17, 15) is 4.79 Å². The van der Waals surface area contributed by atoms with Crippen LogP contribution in [0, 0.1) is 5.92 Å². The second-order valence-electron chi connectivity index (χ2n) is 4.74. The number of oxime groups is 1. The van der Waals surface area contributed by atoms with E-state index in [-0.39, 0.29) is 23.8 Å². The van der Waals surface area contributed by atoms with Gasteiger partial charge < -0.3 is 21.2 Å². The SMILES string of the molecule is CN(C)C(=O)NC(C(N)=NO)C1CCCCC1. The molecule has 0 heterocycles. The predicted octanol–water partition coefficient (Wildman–Crippen LogP) is 0.953. The number of rotatable bonds is 3. The van der Waals surface area contributed by atoms with E-state index in [1.54, 1.807) is 14.1 Å². The van der Waals surface area contributed by atoms with Gasteiger partial charge in [0.25, 0.3) is 0 Å². The Morgan fingerprint density at radius 3 is 2.47 bits per heavy atom. The average molecular weight is 242 g/mol. The summed E-state index contributed by atoms with van der Waals surface area (Å²) in [6, 6.07) is -0.581. The van der Waals surface area contributed by atoms with Crippen LogP contribution in [-0.2, 0) is 0 Å². The van der Waals surface area contributed by atoms with Gasteiger partial charge in [-0.15, -0.1) is 0 Å². The van der Waals surface area contributed by atoms with Gasteiger partial charge in [-0.1, -0.05) is 24.4 Å². The van der Waals surface area contributed by atoms with Crippen LogP contribution in [0.5, 0.6) is 0 Å². The maximum absolute atomic E-state index is 11.6. The van der Waals surface area contributed by atoms with Crippen molar-refractivity contribution in [1.82, 2.24) is 10.2 Å². The first kappa shape index (κ1) is 13.6. The number of carbonyl (C=O) groups is 1. The highest BCUT2D eigenvalue weighted by molar-refractivity contribution is 5.89. The Morgan fingerprint density at radius 1 is 1.41 bits per heavy atom. The van der Waals surface area contributed by atoms with Crippen molar-refractivity contribution in [2.24, 2.45) is 16.8 Å². The monoisotopic (exact) mass is 242 g/mol. The van der Waals surface area contributed by atoms with E-state index in [1.807, 2.05) is 0 Å². The van der Waals surface area contributed by atoms with Crippen molar-refractivity contribution >= 4 is 11.9 Å². The molecule has 1 fully saturated rings. The molecule has 1 rings (SSSR count). The summed E-state index contributed by atoms with van der Waals surface area (Å²) in [4.78, 5) is 13.1. The Kier molecular flexibility index (Phi) is 5.06. The zero-order valence-corrected chi connectivity index (χ0v) is 10.5. The van der Waals surface area contributed by atoms with Crippen molar-refractivity contribution < 1.29 is 10.0 Å². The van der Waals surface area contributed by atoms with E-state index in [0.29, 0.717) is 0 Å². The minimum absolute atomic E-state index is 0.0899. The van der Waals surface area contributed by atoms with Crippen molar-refractivity contribution in [1.29, 1.82) is 0 Å². The molecule has 6 nitrogen and oxygen atoms in total. The molecular weight excluding hydrogens is 220 g/mol. The van der Waals surface area contributed by atoms with Crippen LogP contribution < -0.4 is 11.1 Å². The molecule has 0 spiro atoms. The topological polar surface area (TPSA) is 91.0 Å². The Hall–Kier alpha value is -1.46. The van der Waals surface area contributed by atoms with Crippen LogP contribution >= 0.6 is 0 Å². The fraction of sp³-hybridized carbons (Fsp3) is 0.818. The molecule has 1 unspecified atom stereocenters. The summed E-state index contributed by atoms with van der Waals surface area (Å²) in [5.41, 5.74) is 5.66. The summed E-state index contributed by atoms with van der Waals surface area (Å²) >= 11 is 0. The molecule has 0 bridgehead atoms. The maximum atomic E-state index is 11.6. The Bertz CT molecular complexity index is 285. The molecule has 0 aromatic rings. The third-order valence-corrected chi connectivity index (χ3v) is 3.24. The van der Waals surface area contributed by atoms with Gasteiger partial charge in [0.2, 0.25) is 0 Å². The average Bonchev–Trinajstić information content (AvgIpc) is 2.35. The lowest BCUT2D eigenvalue weighted by Gasteiger charge is -2.30. The number of amides is 2. The fourth-order valence-electron chi connectivity index (χ4n) is 2.23. The van der Waals surface area contributed by atoms with Crippen molar-refractivity contribution in [2.45, 2.75) is 38.1 Å². The molecule has 0 aromatic carbocycles. The lowest BCUT2D eigenvalue weighted by Crippen LogP contribution is -2.52. The van der Waals surface area contributed by atoms with Crippen molar-refractivity contribution in [3.8, 4) is 0 Å². The van der Waals surface area contributed by atoms with E-state index in [1.165, 1.54) is 11.3 Å². The van der Waals surface area contributed by atoms with Crippen molar-refractivity contribution in [3.63, 3.8) is 0 Å². The van der Waals surface area contributed by atoms with Gasteiger partial charge in [-0.25, -0.2) is 4.79 Å². The summed E-state index contributed by atoms with van der Waals surface area (Å²) < 4.78 is 0. The smallest absolute Gasteiger partial charge is 0.317 e. The minimum atomic E-state index is -0.366. The lowest BCUT2D eigenvalue weighted by atomic mass is 9.83. The van der Waals surface area contributed by atoms with Crippen LogP contribution in [0.15, 0.2) is 5.16 Å². The number of amidine groups is 1. The molecule has 6 heteroatoms. The lowest BCUT2D eigenvalue weighted by molar-refractivity contribution is 0.207. The van der Waals surface area contributed by atoms with Crippen molar-refractivity contribution in [2.75, 3.05) is 14.1 Å². The number of hydrogen-bond acceptors (Lipinski definition) is 3. The first-order valence-corrected chi connectivity index (χ1v) is 6.01. The normalized spacial score (nSPS) is 19.8. The number of urea groups is 1. The number of hydrogen-bond donors (Lipinski definition) is 3. The molecule has 1 saturated carbocycles. The highest BCUT2D eigenvalue weighted by Gasteiger charge is 2.28. The molecule has 1 atom stereocenters. The van der Waals surface area contributed by atoms with Gasteiger partial charge in [-0.3, -0.25) is 0 Å². The Morgan fingerprint density at radius 2 is 2.00 bits per heavy atom. The molecule has 4 N–H and O–H groups in total. The molecule has 0 radical (unpaired) electrons. The van der Waals surface area contributed by atoms with Crippen LogP contribution in [0.4, 0.5) is 4.79 Å². The van der Waals surface area contributed by atoms with E-state index in [4.69, 9.17) is 10.9 Å². The van der Waals surface area contributed by atoms with Gasteiger partial charge >= 0.3 is 6.03 Å². The second kappa shape index (κ2) is 6.32. The van der Waals surface area contributed by atoms with Gasteiger partial charge in [0.15, 0.2) is 5.84 Å². The standard InChI is InChI=1S/C11H22N4O2/c1-15(2)11(16)13-9(10(12)14-17)8-6-4-3-5-7-8/h8-9,17H,3-7H2,1-2H3,(H2,12,14)(H,13,16). The quantitative estimate of drug-likeness (QED) is 0.298. The third-order valence-electron chi connectivity index (χ3n) is 3.24. The van der Waals surface area contributed by atoms with Gasteiger partial charge in [0.05, 0.1) is 6.04 Å². The van der Waals surface area contributed by atoms with Crippen LogP contribution in [0.3, 0.4) is 0 Å². The van der Waals surface area contributed by atoms with Crippen LogP contribution in [-0.4, -0.2) is 42.1 Å². The number of carbonyl (C=O) groups excluding carboxylic acids is 1. The molecule has 1 aliphatic rings. The van der Waals surface area contributed by atoms with Crippen molar-refractivity contribution in [3.05, 3.63) is 0 Å². The maximum Gasteiger partial charge on any atom is 0.317 e. The van der Waals surface area contributed by atoms with Crippen LogP contribution in [0.1, 0.15) is 32.1 Å². The Balaban J connectivity index is 2.69. The molecule has 2 amide bonds. The summed E-state index contributed by atoms with van der Waals surface area (Å²) in [6.07, 6.45) is 5.51. The number of nitrogens with two attached hydrogens (primary N) is 1. The highest BCUT2D eigenvalue weighted by atomic mass is 16.4. The predicted molar refractivity (Wildman–Crippen MR) is 66.0 cm³/mol. The van der Waals surface area contributed by atoms with Crippen LogP contribution in [0.2, 0.25) is 0 Å². The first-order chi connectivity index (χ1) is 8.06. The van der Waals surface area contributed by atoms with E-state index >= 15 is 0 Å². The molecule has 1 aliphatic carbocycles. The molecule has 0 aliphatic heterocycles. The first-order valence-electron chi connectivity index (χ1n) is 6.01. The third kappa shape index (κ3) is 3.80. The highest BCUT2D eigenvalue weighted by Crippen LogP contribution is 2.26. The zero-order chi connectivity index (χ0) is 12.8. The van der Waals surface area contributed by atoms with E-state index in [2.05, 4.69) is 10.5 Å². The molecule has 98 valence electrons. The van der Waals surface area contributed by atoms with Gasteiger partial charge in [0.1, 0.15) is 0 Å². The molecule has 0 saturated heterocycles. The van der Waals surface area contributed by atoms with Gasteiger partial charge in [-0.2, -0.15) is 0 Å². The molecule has 0 aromatic heterocycles. The molecular formula is C11H22N4O2. The zero-order valence-electron chi connectivity index (χ0n) is 10.5. The van der Waals surface area contributed by atoms with Crippen LogP contribution in [0.25, 0.3) is 0 Å². The molecule has 17 heavy (non-hydrogen) atoms. The summed E-state index contributed by atoms with van der Waals surface area (Å²) in [6.45, 7) is 0. The Labute approximate surface area is 102 Å². The van der Waals surface area contributed by atoms with Gasteiger partial charge in [0, 0.05) is 14.1 Å². The number of nitrogens with zero attached hydrogens (tertiary/aromatic N) is 2. The fourth-order valence-corrected chi connectivity index (χ4v) is 2.23. The summed E-state index contributed by atoms with van der Waals surface area (Å²) in [7, 11) is 3.33. The largest absolute Gasteiger partial charge is 0.409 e.